The average Bonchev–Trinajstić information content (AvgIpc) is 2.41. The maximum atomic E-state index is 10.0. The zero-order valence-electron chi connectivity index (χ0n) is 13.0. The van der Waals surface area contributed by atoms with Gasteiger partial charge < -0.3 is 5.11 Å². The SMILES string of the molecule is CCCCCCCCCc1c(O)ccc(C)c1CC. The van der Waals surface area contributed by atoms with E-state index in [2.05, 4.69) is 20.8 Å². The molecule has 0 aliphatic heterocycles. The first-order valence-electron chi connectivity index (χ1n) is 8.01. The Kier molecular flexibility index (Phi) is 7.62. The van der Waals surface area contributed by atoms with Gasteiger partial charge in [0.2, 0.25) is 0 Å². The number of hydrogen-bond donors (Lipinski definition) is 1. The summed E-state index contributed by atoms with van der Waals surface area (Å²) >= 11 is 0. The van der Waals surface area contributed by atoms with Crippen molar-refractivity contribution in [2.75, 3.05) is 0 Å². The van der Waals surface area contributed by atoms with Crippen molar-refractivity contribution in [3.8, 4) is 5.75 Å². The highest BCUT2D eigenvalue weighted by atomic mass is 16.3. The van der Waals surface area contributed by atoms with Crippen molar-refractivity contribution < 1.29 is 5.11 Å². The van der Waals surface area contributed by atoms with Gasteiger partial charge in [-0.2, -0.15) is 0 Å². The summed E-state index contributed by atoms with van der Waals surface area (Å²) in [6.45, 7) is 6.58. The van der Waals surface area contributed by atoms with Crippen LogP contribution in [0.1, 0.15) is 75.5 Å². The van der Waals surface area contributed by atoms with Crippen LogP contribution in [0.5, 0.6) is 5.75 Å². The molecule has 0 radical (unpaired) electrons. The largest absolute Gasteiger partial charge is 0.508 e. The van der Waals surface area contributed by atoms with Gasteiger partial charge in [0.25, 0.3) is 0 Å². The summed E-state index contributed by atoms with van der Waals surface area (Å²) in [4.78, 5) is 0. The van der Waals surface area contributed by atoms with Crippen LogP contribution in [0.25, 0.3) is 0 Å². The zero-order chi connectivity index (χ0) is 14.1. The number of phenols is 1. The minimum atomic E-state index is 0.494. The van der Waals surface area contributed by atoms with Crippen molar-refractivity contribution in [2.24, 2.45) is 0 Å². The summed E-state index contributed by atoms with van der Waals surface area (Å²) in [5, 5.41) is 10.0. The number of unbranched alkanes of at least 4 members (excludes halogenated alkanes) is 6. The molecular formula is C18H30O. The molecule has 0 aliphatic rings. The zero-order valence-corrected chi connectivity index (χ0v) is 13.0. The molecule has 108 valence electrons. The first kappa shape index (κ1) is 16.1. The average molecular weight is 262 g/mol. The molecule has 1 aromatic carbocycles. The molecular weight excluding hydrogens is 232 g/mol. The molecule has 0 aromatic heterocycles. The molecule has 1 nitrogen and oxygen atoms in total. The molecule has 0 saturated carbocycles. The van der Waals surface area contributed by atoms with Crippen LogP contribution in [0, 0.1) is 6.92 Å². The van der Waals surface area contributed by atoms with E-state index in [1.807, 2.05) is 12.1 Å². The molecule has 0 unspecified atom stereocenters. The van der Waals surface area contributed by atoms with Gasteiger partial charge in [0.05, 0.1) is 0 Å². The second-order valence-electron chi connectivity index (χ2n) is 5.58. The van der Waals surface area contributed by atoms with Gasteiger partial charge in [0.1, 0.15) is 5.75 Å². The smallest absolute Gasteiger partial charge is 0.119 e. The summed E-state index contributed by atoms with van der Waals surface area (Å²) in [5.74, 6) is 0.494. The second-order valence-corrected chi connectivity index (χ2v) is 5.58. The molecule has 0 amide bonds. The Morgan fingerprint density at radius 3 is 2.11 bits per heavy atom. The monoisotopic (exact) mass is 262 g/mol. The number of hydrogen-bond acceptors (Lipinski definition) is 1. The first-order chi connectivity index (χ1) is 9.20. The fraction of sp³-hybridized carbons (Fsp3) is 0.667. The first-order valence-corrected chi connectivity index (χ1v) is 8.01. The fourth-order valence-electron chi connectivity index (χ4n) is 2.83. The molecule has 0 aliphatic carbocycles. The Bertz CT molecular complexity index is 368. The van der Waals surface area contributed by atoms with Gasteiger partial charge >= 0.3 is 0 Å². The van der Waals surface area contributed by atoms with Crippen LogP contribution in [0.3, 0.4) is 0 Å². The van der Waals surface area contributed by atoms with E-state index in [1.54, 1.807) is 0 Å². The third kappa shape index (κ3) is 5.26. The van der Waals surface area contributed by atoms with Gasteiger partial charge in [-0.05, 0) is 48.9 Å². The topological polar surface area (TPSA) is 20.2 Å². The molecule has 1 heteroatoms. The molecule has 0 spiro atoms. The van der Waals surface area contributed by atoms with Crippen molar-refractivity contribution >= 4 is 0 Å². The minimum Gasteiger partial charge on any atom is -0.508 e. The van der Waals surface area contributed by atoms with E-state index in [1.165, 1.54) is 61.6 Å². The molecule has 1 N–H and O–H groups in total. The lowest BCUT2D eigenvalue weighted by Gasteiger charge is -2.13. The number of phenolic OH excluding ortho intramolecular Hbond substituents is 1. The van der Waals surface area contributed by atoms with Crippen molar-refractivity contribution in [2.45, 2.75) is 78.6 Å². The van der Waals surface area contributed by atoms with Gasteiger partial charge in [-0.1, -0.05) is 58.4 Å². The Balaban J connectivity index is 2.38. The lowest BCUT2D eigenvalue weighted by Crippen LogP contribution is -1.97. The summed E-state index contributed by atoms with van der Waals surface area (Å²) in [7, 11) is 0. The summed E-state index contributed by atoms with van der Waals surface area (Å²) in [6, 6.07) is 3.88. The third-order valence-electron chi connectivity index (χ3n) is 4.02. The molecule has 0 atom stereocenters. The van der Waals surface area contributed by atoms with Gasteiger partial charge in [0.15, 0.2) is 0 Å². The minimum absolute atomic E-state index is 0.494. The number of rotatable bonds is 9. The lowest BCUT2D eigenvalue weighted by atomic mass is 9.94. The van der Waals surface area contributed by atoms with Gasteiger partial charge in [-0.15, -0.1) is 0 Å². The van der Waals surface area contributed by atoms with E-state index in [0.29, 0.717) is 5.75 Å². The Hall–Kier alpha value is -0.980. The van der Waals surface area contributed by atoms with Gasteiger partial charge in [-0.3, -0.25) is 0 Å². The van der Waals surface area contributed by atoms with Crippen molar-refractivity contribution in [1.29, 1.82) is 0 Å². The van der Waals surface area contributed by atoms with Gasteiger partial charge in [0, 0.05) is 0 Å². The second kappa shape index (κ2) is 9.01. The van der Waals surface area contributed by atoms with E-state index in [-0.39, 0.29) is 0 Å². The summed E-state index contributed by atoms with van der Waals surface area (Å²) in [5.41, 5.74) is 3.86. The van der Waals surface area contributed by atoms with Crippen LogP contribution in [0.2, 0.25) is 0 Å². The van der Waals surface area contributed by atoms with Crippen LogP contribution < -0.4 is 0 Å². The predicted octanol–water partition coefficient (Wildman–Crippen LogP) is 5.56. The number of benzene rings is 1. The van der Waals surface area contributed by atoms with E-state index in [4.69, 9.17) is 0 Å². The molecule has 0 bridgehead atoms. The predicted molar refractivity (Wildman–Crippen MR) is 83.9 cm³/mol. The highest BCUT2D eigenvalue weighted by Crippen LogP contribution is 2.26. The van der Waals surface area contributed by atoms with Crippen molar-refractivity contribution in [3.63, 3.8) is 0 Å². The quantitative estimate of drug-likeness (QED) is 0.578. The maximum absolute atomic E-state index is 10.0. The normalized spacial score (nSPS) is 10.9. The molecule has 0 fully saturated rings. The van der Waals surface area contributed by atoms with Crippen LogP contribution in [-0.2, 0) is 12.8 Å². The van der Waals surface area contributed by atoms with Crippen LogP contribution in [0.4, 0.5) is 0 Å². The van der Waals surface area contributed by atoms with E-state index >= 15 is 0 Å². The highest BCUT2D eigenvalue weighted by molar-refractivity contribution is 5.44. The maximum Gasteiger partial charge on any atom is 0.119 e. The summed E-state index contributed by atoms with van der Waals surface area (Å²) in [6.07, 6.45) is 11.3. The summed E-state index contributed by atoms with van der Waals surface area (Å²) < 4.78 is 0. The van der Waals surface area contributed by atoms with Gasteiger partial charge in [-0.25, -0.2) is 0 Å². The van der Waals surface area contributed by atoms with E-state index < -0.39 is 0 Å². The van der Waals surface area contributed by atoms with E-state index in [0.717, 1.165) is 12.8 Å². The Morgan fingerprint density at radius 2 is 1.47 bits per heavy atom. The van der Waals surface area contributed by atoms with Crippen LogP contribution in [0.15, 0.2) is 12.1 Å². The standard InChI is InChI=1S/C18H30O/c1-4-6-7-8-9-10-11-12-17-16(5-2)15(3)13-14-18(17)19/h13-14,19H,4-12H2,1-3H3. The molecule has 0 heterocycles. The Labute approximate surface area is 119 Å². The fourth-order valence-corrected chi connectivity index (χ4v) is 2.83. The highest BCUT2D eigenvalue weighted by Gasteiger charge is 2.08. The molecule has 19 heavy (non-hydrogen) atoms. The molecule has 1 aromatic rings. The van der Waals surface area contributed by atoms with E-state index in [9.17, 15) is 5.11 Å². The molecule has 1 rings (SSSR count). The van der Waals surface area contributed by atoms with Crippen molar-refractivity contribution in [1.82, 2.24) is 0 Å². The third-order valence-corrected chi connectivity index (χ3v) is 4.02. The molecule has 0 saturated heterocycles. The van der Waals surface area contributed by atoms with Crippen molar-refractivity contribution in [3.05, 3.63) is 28.8 Å². The lowest BCUT2D eigenvalue weighted by molar-refractivity contribution is 0.464. The Morgan fingerprint density at radius 1 is 0.842 bits per heavy atom. The number of aromatic hydroxyl groups is 1. The van der Waals surface area contributed by atoms with Crippen LogP contribution >= 0.6 is 0 Å². The number of aryl methyl sites for hydroxylation is 1. The van der Waals surface area contributed by atoms with Crippen LogP contribution in [-0.4, -0.2) is 5.11 Å².